The van der Waals surface area contributed by atoms with Crippen LogP contribution in [-0.4, -0.2) is 22.8 Å². The number of carboxylic acids is 1. The highest BCUT2D eigenvalue weighted by molar-refractivity contribution is 8.00. The van der Waals surface area contributed by atoms with Crippen molar-refractivity contribution in [1.29, 1.82) is 0 Å². The molecule has 1 N–H and O–H groups in total. The van der Waals surface area contributed by atoms with E-state index in [0.717, 1.165) is 10.6 Å². The molecule has 1 unspecified atom stereocenters. The van der Waals surface area contributed by atoms with E-state index in [0.29, 0.717) is 16.3 Å². The molecule has 1 atom stereocenters. The number of aromatic nitrogens is 1. The highest BCUT2D eigenvalue weighted by Gasteiger charge is 2.23. The zero-order chi connectivity index (χ0) is 17.8. The summed E-state index contributed by atoms with van der Waals surface area (Å²) in [7, 11) is 1.58. The molecule has 6 heteroatoms. The third-order valence-corrected chi connectivity index (χ3v) is 5.24. The van der Waals surface area contributed by atoms with Crippen molar-refractivity contribution in [3.63, 3.8) is 0 Å². The minimum absolute atomic E-state index is 0.601. The van der Waals surface area contributed by atoms with Crippen molar-refractivity contribution in [2.24, 2.45) is 0 Å². The van der Waals surface area contributed by atoms with Crippen LogP contribution in [-0.2, 0) is 4.79 Å². The lowest BCUT2D eigenvalue weighted by Gasteiger charge is -2.16. The summed E-state index contributed by atoms with van der Waals surface area (Å²) in [5.74, 6) is -0.207. The Morgan fingerprint density at radius 2 is 1.84 bits per heavy atom. The lowest BCUT2D eigenvalue weighted by molar-refractivity contribution is -0.136. The number of hydrogen-bond acceptors (Lipinski definition) is 3. The second kappa shape index (κ2) is 7.68. The molecule has 1 heterocycles. The van der Waals surface area contributed by atoms with E-state index in [9.17, 15) is 9.90 Å². The van der Waals surface area contributed by atoms with Gasteiger partial charge < -0.3 is 14.4 Å². The highest BCUT2D eigenvalue weighted by Crippen LogP contribution is 2.39. The number of methoxy groups -OCH3 is 1. The summed E-state index contributed by atoms with van der Waals surface area (Å²) in [6.07, 6.45) is 3.80. The zero-order valence-electron chi connectivity index (χ0n) is 13.4. The van der Waals surface area contributed by atoms with Gasteiger partial charge in [0.25, 0.3) is 0 Å². The Labute approximate surface area is 155 Å². The second-order valence-electron chi connectivity index (χ2n) is 5.31. The molecule has 0 bridgehead atoms. The fourth-order valence-electron chi connectivity index (χ4n) is 2.45. The fraction of sp³-hybridized carbons (Fsp3) is 0.105. The van der Waals surface area contributed by atoms with E-state index in [1.807, 2.05) is 41.2 Å². The van der Waals surface area contributed by atoms with Gasteiger partial charge in [0, 0.05) is 22.3 Å². The normalized spacial score (nSPS) is 11.9. The maximum atomic E-state index is 11.8. The average Bonchev–Trinajstić information content (AvgIpc) is 3.15. The van der Waals surface area contributed by atoms with Crippen LogP contribution in [0.25, 0.3) is 5.69 Å². The van der Waals surface area contributed by atoms with Gasteiger partial charge in [-0.3, -0.25) is 4.79 Å². The molecule has 0 amide bonds. The predicted octanol–water partition coefficient (Wildman–Crippen LogP) is 5.06. The number of carbonyl (C=O) groups is 1. The zero-order valence-corrected chi connectivity index (χ0v) is 15.0. The van der Waals surface area contributed by atoms with Gasteiger partial charge in [-0.15, -0.1) is 11.8 Å². The van der Waals surface area contributed by atoms with Crippen LogP contribution in [0.15, 0.2) is 71.9 Å². The van der Waals surface area contributed by atoms with E-state index in [1.165, 1.54) is 11.8 Å². The number of halogens is 1. The largest absolute Gasteiger partial charge is 0.497 e. The van der Waals surface area contributed by atoms with Gasteiger partial charge in [0.15, 0.2) is 0 Å². The molecule has 0 radical (unpaired) electrons. The van der Waals surface area contributed by atoms with E-state index < -0.39 is 11.2 Å². The van der Waals surface area contributed by atoms with Crippen LogP contribution >= 0.6 is 23.4 Å². The Hall–Kier alpha value is -2.37. The summed E-state index contributed by atoms with van der Waals surface area (Å²) < 4.78 is 7.05. The Morgan fingerprint density at radius 1 is 1.16 bits per heavy atom. The SMILES string of the molecule is COc1ccc(C(Sc2ccc(Cl)cc2-n2cccc2)C(=O)O)cc1. The molecule has 1 aromatic heterocycles. The van der Waals surface area contributed by atoms with Gasteiger partial charge in [-0.1, -0.05) is 23.7 Å². The summed E-state index contributed by atoms with van der Waals surface area (Å²) in [6.45, 7) is 0. The van der Waals surface area contributed by atoms with E-state index in [-0.39, 0.29) is 0 Å². The summed E-state index contributed by atoms with van der Waals surface area (Å²) in [5, 5.41) is 9.57. The standard InChI is InChI=1S/C19H16ClNO3S/c1-24-15-7-4-13(5-8-15)18(19(22)23)25-17-9-6-14(20)12-16(17)21-10-2-3-11-21/h2-12,18H,1H3,(H,22,23). The number of aliphatic carboxylic acids is 1. The van der Waals surface area contributed by atoms with E-state index in [2.05, 4.69) is 0 Å². The lowest BCUT2D eigenvalue weighted by atomic mass is 10.1. The smallest absolute Gasteiger partial charge is 0.321 e. The van der Waals surface area contributed by atoms with Crippen molar-refractivity contribution in [3.05, 3.63) is 77.6 Å². The number of thioether (sulfide) groups is 1. The van der Waals surface area contributed by atoms with Crippen molar-refractivity contribution < 1.29 is 14.6 Å². The summed E-state index contributed by atoms with van der Waals surface area (Å²) in [6, 6.07) is 16.3. The first kappa shape index (κ1) is 17.5. The molecule has 0 aliphatic rings. The van der Waals surface area contributed by atoms with Crippen molar-refractivity contribution >= 4 is 29.3 Å². The molecule has 4 nitrogen and oxygen atoms in total. The first-order chi connectivity index (χ1) is 12.1. The number of hydrogen-bond donors (Lipinski definition) is 1. The van der Waals surface area contributed by atoms with Gasteiger partial charge >= 0.3 is 5.97 Å². The average molecular weight is 374 g/mol. The molecule has 2 aromatic carbocycles. The summed E-state index contributed by atoms with van der Waals surface area (Å²) in [4.78, 5) is 12.7. The van der Waals surface area contributed by atoms with Crippen molar-refractivity contribution in [1.82, 2.24) is 4.57 Å². The fourth-order valence-corrected chi connectivity index (χ4v) is 3.70. The minimum Gasteiger partial charge on any atom is -0.497 e. The highest BCUT2D eigenvalue weighted by atomic mass is 35.5. The Bertz CT molecular complexity index is 863. The third-order valence-electron chi connectivity index (χ3n) is 3.69. The number of benzene rings is 2. The quantitative estimate of drug-likeness (QED) is 0.614. The number of rotatable bonds is 6. The number of ether oxygens (including phenoxy) is 1. The topological polar surface area (TPSA) is 51.5 Å². The molecule has 128 valence electrons. The van der Waals surface area contributed by atoms with Crippen LogP contribution in [0.3, 0.4) is 0 Å². The molecule has 0 aliphatic heterocycles. The molecule has 0 fully saturated rings. The molecule has 0 saturated carbocycles. The van der Waals surface area contributed by atoms with Gasteiger partial charge in [0.05, 0.1) is 12.8 Å². The molecule has 3 aromatic rings. The molecule has 0 saturated heterocycles. The predicted molar refractivity (Wildman–Crippen MR) is 100 cm³/mol. The number of nitrogens with zero attached hydrogens (tertiary/aromatic N) is 1. The molecule has 3 rings (SSSR count). The molecule has 0 spiro atoms. The van der Waals surface area contributed by atoms with Gasteiger partial charge in [-0.25, -0.2) is 0 Å². The second-order valence-corrected chi connectivity index (χ2v) is 6.90. The van der Waals surface area contributed by atoms with Gasteiger partial charge in [0.2, 0.25) is 0 Å². The van der Waals surface area contributed by atoms with Gasteiger partial charge in [0.1, 0.15) is 11.0 Å². The molecule has 0 aliphatic carbocycles. The van der Waals surface area contributed by atoms with Gasteiger partial charge in [-0.05, 0) is 48.0 Å². The van der Waals surface area contributed by atoms with E-state index in [1.54, 1.807) is 37.4 Å². The summed E-state index contributed by atoms with van der Waals surface area (Å²) in [5.41, 5.74) is 1.55. The van der Waals surface area contributed by atoms with Crippen LogP contribution in [0.2, 0.25) is 5.02 Å². The van der Waals surface area contributed by atoms with Crippen molar-refractivity contribution in [3.8, 4) is 11.4 Å². The Morgan fingerprint density at radius 3 is 2.44 bits per heavy atom. The molecule has 25 heavy (non-hydrogen) atoms. The first-order valence-electron chi connectivity index (χ1n) is 7.55. The third kappa shape index (κ3) is 4.00. The van der Waals surface area contributed by atoms with Crippen LogP contribution < -0.4 is 4.74 Å². The molecular weight excluding hydrogens is 358 g/mol. The molecular formula is C19H16ClNO3S. The van der Waals surface area contributed by atoms with Crippen LogP contribution in [0.4, 0.5) is 0 Å². The number of carboxylic acid groups (broad SMARTS) is 1. The summed E-state index contributed by atoms with van der Waals surface area (Å²) >= 11 is 7.41. The van der Waals surface area contributed by atoms with E-state index in [4.69, 9.17) is 16.3 Å². The van der Waals surface area contributed by atoms with Crippen LogP contribution in [0.1, 0.15) is 10.8 Å². The van der Waals surface area contributed by atoms with Crippen molar-refractivity contribution in [2.75, 3.05) is 7.11 Å². The van der Waals surface area contributed by atoms with E-state index >= 15 is 0 Å². The Balaban J connectivity index is 1.96. The maximum Gasteiger partial charge on any atom is 0.321 e. The monoisotopic (exact) mass is 373 g/mol. The van der Waals surface area contributed by atoms with Crippen molar-refractivity contribution in [2.45, 2.75) is 10.1 Å². The lowest BCUT2D eigenvalue weighted by Crippen LogP contribution is -2.08. The van der Waals surface area contributed by atoms with Gasteiger partial charge in [-0.2, -0.15) is 0 Å². The Kier molecular flexibility index (Phi) is 5.36. The maximum absolute atomic E-state index is 11.8. The minimum atomic E-state index is -0.899. The van der Waals surface area contributed by atoms with Crippen LogP contribution in [0.5, 0.6) is 5.75 Å². The first-order valence-corrected chi connectivity index (χ1v) is 8.80. The van der Waals surface area contributed by atoms with Crippen LogP contribution in [0, 0.1) is 0 Å².